The number of halogens is 1. The van der Waals surface area contributed by atoms with Crippen LogP contribution in [0.1, 0.15) is 91.9 Å². The molecule has 0 aliphatic heterocycles. The number of unbranched alkanes of at least 4 members (excludes halogenated alkanes) is 1. The fourth-order valence-electron chi connectivity index (χ4n) is 8.63. The van der Waals surface area contributed by atoms with Crippen molar-refractivity contribution in [2.75, 3.05) is 26.2 Å². The smallest absolute Gasteiger partial charge is 0.306 e. The first kappa shape index (κ1) is 31.3. The molecule has 4 aliphatic carbocycles. The van der Waals surface area contributed by atoms with E-state index in [0.717, 1.165) is 51.7 Å². The molecule has 0 aromatic rings. The summed E-state index contributed by atoms with van der Waals surface area (Å²) < 4.78 is 5.33. The number of Topliss-reactive ketones (excluding diaryl/α,β-unsaturated/α-hetero) is 1. The van der Waals surface area contributed by atoms with E-state index >= 15 is 0 Å². The second-order valence-corrected chi connectivity index (χ2v) is 12.5. The van der Waals surface area contributed by atoms with Crippen LogP contribution in [-0.4, -0.2) is 70.6 Å². The van der Waals surface area contributed by atoms with Gasteiger partial charge in [-0.3, -0.25) is 14.4 Å². The third kappa shape index (κ3) is 5.37. The van der Waals surface area contributed by atoms with E-state index in [9.17, 15) is 24.6 Å². The second kappa shape index (κ2) is 12.1. The van der Waals surface area contributed by atoms with Crippen molar-refractivity contribution in [1.82, 2.24) is 4.90 Å². The minimum Gasteiger partial charge on any atom is -0.458 e. The van der Waals surface area contributed by atoms with Crippen molar-refractivity contribution in [1.29, 1.82) is 0 Å². The third-order valence-corrected chi connectivity index (χ3v) is 10.9. The average Bonchev–Trinajstić information content (AvgIpc) is 3.13. The number of hydrogen-bond donors (Lipinski definition) is 2. The Bertz CT molecular complexity index is 934. The van der Waals surface area contributed by atoms with Crippen molar-refractivity contribution in [3.8, 4) is 0 Å². The van der Waals surface area contributed by atoms with Gasteiger partial charge in [-0.2, -0.15) is 0 Å². The monoisotopic (exact) mass is 553 g/mol. The van der Waals surface area contributed by atoms with E-state index in [1.165, 1.54) is 5.57 Å². The first-order valence-electron chi connectivity index (χ1n) is 14.6. The summed E-state index contributed by atoms with van der Waals surface area (Å²) in [6.45, 7) is 10.9. The summed E-state index contributed by atoms with van der Waals surface area (Å²) in [5, 5.41) is 23.3. The molecule has 216 valence electrons. The summed E-state index contributed by atoms with van der Waals surface area (Å²) in [5.74, 6) is -0.316. The lowest BCUT2D eigenvalue weighted by molar-refractivity contribution is -0.184. The van der Waals surface area contributed by atoms with Gasteiger partial charge < -0.3 is 19.8 Å². The van der Waals surface area contributed by atoms with Gasteiger partial charge in [0.15, 0.2) is 12.4 Å². The normalized spacial score (nSPS) is 38.0. The molecule has 0 aromatic heterocycles. The Hall–Kier alpha value is -1.28. The number of nitrogens with zero attached hydrogens (tertiary/aromatic N) is 1. The summed E-state index contributed by atoms with van der Waals surface area (Å²) in [6.07, 6.45) is 7.42. The molecule has 8 heteroatoms. The number of esters is 1. The van der Waals surface area contributed by atoms with Crippen molar-refractivity contribution in [2.45, 2.75) is 104 Å². The number of carbonyl (C=O) groups excluding carboxylic acids is 3. The van der Waals surface area contributed by atoms with Crippen LogP contribution in [0.2, 0.25) is 0 Å². The zero-order valence-electron chi connectivity index (χ0n) is 23.7. The molecule has 3 fully saturated rings. The number of allylic oxidation sites excluding steroid dienone is 1. The summed E-state index contributed by atoms with van der Waals surface area (Å²) >= 11 is 0. The molecular formula is C30H48ClNO6. The number of carbonyl (C=O) groups is 3. The number of hydrogen-bond acceptors (Lipinski definition) is 7. The highest BCUT2D eigenvalue weighted by molar-refractivity contribution is 5.92. The van der Waals surface area contributed by atoms with Gasteiger partial charge in [-0.1, -0.05) is 33.3 Å². The van der Waals surface area contributed by atoms with Gasteiger partial charge >= 0.3 is 5.97 Å². The molecule has 0 bridgehead atoms. The van der Waals surface area contributed by atoms with Crippen LogP contribution in [0.15, 0.2) is 11.6 Å². The van der Waals surface area contributed by atoms with Crippen molar-refractivity contribution >= 4 is 29.9 Å². The maximum absolute atomic E-state index is 13.4. The van der Waals surface area contributed by atoms with Gasteiger partial charge in [-0.15, -0.1) is 12.4 Å². The highest BCUT2D eigenvalue weighted by Crippen LogP contribution is 2.67. The molecule has 38 heavy (non-hydrogen) atoms. The first-order chi connectivity index (χ1) is 17.5. The van der Waals surface area contributed by atoms with Crippen molar-refractivity contribution in [2.24, 2.45) is 28.6 Å². The lowest BCUT2D eigenvalue weighted by Crippen LogP contribution is -2.62. The fraction of sp³-hybridized carbons (Fsp3) is 0.833. The van der Waals surface area contributed by atoms with Crippen LogP contribution >= 0.6 is 12.4 Å². The van der Waals surface area contributed by atoms with Crippen LogP contribution in [-0.2, 0) is 19.1 Å². The van der Waals surface area contributed by atoms with E-state index in [4.69, 9.17) is 4.74 Å². The van der Waals surface area contributed by atoms with Crippen molar-refractivity contribution < 1.29 is 29.3 Å². The molecule has 4 aliphatic rings. The van der Waals surface area contributed by atoms with Gasteiger partial charge in [0, 0.05) is 18.3 Å². The molecule has 0 amide bonds. The highest BCUT2D eigenvalue weighted by atomic mass is 35.5. The van der Waals surface area contributed by atoms with E-state index < -0.39 is 35.5 Å². The molecule has 7 atom stereocenters. The maximum Gasteiger partial charge on any atom is 0.306 e. The quantitative estimate of drug-likeness (QED) is 0.307. The number of ether oxygens (including phenoxy) is 1. The van der Waals surface area contributed by atoms with Gasteiger partial charge in [0.05, 0.1) is 6.10 Å². The number of rotatable bonds is 10. The highest BCUT2D eigenvalue weighted by Gasteiger charge is 2.68. The zero-order valence-corrected chi connectivity index (χ0v) is 24.5. The van der Waals surface area contributed by atoms with Gasteiger partial charge in [-0.25, -0.2) is 0 Å². The van der Waals surface area contributed by atoms with Crippen molar-refractivity contribution in [3.63, 3.8) is 0 Å². The standard InChI is InChI=1S/C30H47NO6.ClH/c1-5-31(6-2)16-8-7-9-26(35)37-19-25(34)30(36)15-13-23-22-11-10-20-17-21(32)12-14-28(20,3)27(22)24(33)18-29(23,30)4;/h17,22-24,27,33,36H,5-16,18-19H2,1-4H3;1H/t22-,23-,24-,27+,28-,29-,30-;/m0./s1. The lowest BCUT2D eigenvalue weighted by Gasteiger charge is -2.60. The Kier molecular flexibility index (Phi) is 9.93. The summed E-state index contributed by atoms with van der Waals surface area (Å²) in [5.41, 5.74) is -1.40. The SMILES string of the molecule is CCN(CC)CCCCC(=O)OCC(=O)[C@@]1(O)CC[C@H]2[C@@H]3CCC4=CC(=O)CC[C@]4(C)[C@H]3[C@@H](O)C[C@@]21C.Cl. The predicted octanol–water partition coefficient (Wildman–Crippen LogP) is 4.27. The first-order valence-corrected chi connectivity index (χ1v) is 14.6. The largest absolute Gasteiger partial charge is 0.458 e. The molecule has 0 spiro atoms. The molecule has 0 heterocycles. The molecule has 0 unspecified atom stereocenters. The molecule has 3 saturated carbocycles. The molecule has 2 N–H and O–H groups in total. The number of aliphatic hydroxyl groups excluding tert-OH is 1. The molecule has 7 nitrogen and oxygen atoms in total. The zero-order chi connectivity index (χ0) is 27.0. The van der Waals surface area contributed by atoms with E-state index in [1.807, 2.05) is 13.0 Å². The van der Waals surface area contributed by atoms with E-state index in [0.29, 0.717) is 25.7 Å². The average molecular weight is 554 g/mol. The van der Waals surface area contributed by atoms with Crippen LogP contribution in [0, 0.1) is 28.6 Å². The van der Waals surface area contributed by atoms with Crippen LogP contribution in [0.4, 0.5) is 0 Å². The van der Waals surface area contributed by atoms with Gasteiger partial charge in [-0.05, 0) is 100 Å². The van der Waals surface area contributed by atoms with Gasteiger partial charge in [0.2, 0.25) is 5.78 Å². The predicted molar refractivity (Wildman–Crippen MR) is 148 cm³/mol. The maximum atomic E-state index is 13.4. The number of fused-ring (bicyclic) bond motifs is 5. The van der Waals surface area contributed by atoms with Crippen LogP contribution in [0.25, 0.3) is 0 Å². The summed E-state index contributed by atoms with van der Waals surface area (Å²) in [7, 11) is 0. The summed E-state index contributed by atoms with van der Waals surface area (Å²) in [6, 6.07) is 0. The van der Waals surface area contributed by atoms with Gasteiger partial charge in [0.1, 0.15) is 5.60 Å². The van der Waals surface area contributed by atoms with E-state index in [-0.39, 0.29) is 47.8 Å². The second-order valence-electron chi connectivity index (χ2n) is 12.5. The summed E-state index contributed by atoms with van der Waals surface area (Å²) in [4.78, 5) is 40.1. The lowest BCUT2D eigenvalue weighted by atomic mass is 9.45. The Labute approximate surface area is 234 Å². The molecule has 0 radical (unpaired) electrons. The van der Waals surface area contributed by atoms with Crippen LogP contribution in [0.3, 0.4) is 0 Å². The van der Waals surface area contributed by atoms with Crippen LogP contribution < -0.4 is 0 Å². The number of ketones is 2. The Morgan fingerprint density at radius 1 is 1.11 bits per heavy atom. The molecular weight excluding hydrogens is 506 g/mol. The van der Waals surface area contributed by atoms with E-state index in [2.05, 4.69) is 25.7 Å². The number of aliphatic hydroxyl groups is 2. The Morgan fingerprint density at radius 2 is 1.82 bits per heavy atom. The molecule has 4 rings (SSSR count). The molecule has 0 aromatic carbocycles. The van der Waals surface area contributed by atoms with Crippen LogP contribution in [0.5, 0.6) is 0 Å². The fourth-order valence-corrected chi connectivity index (χ4v) is 8.63. The van der Waals surface area contributed by atoms with E-state index in [1.54, 1.807) is 0 Å². The Balaban J connectivity index is 0.00000400. The van der Waals surface area contributed by atoms with Gasteiger partial charge in [0.25, 0.3) is 0 Å². The molecule has 0 saturated heterocycles. The third-order valence-electron chi connectivity index (χ3n) is 10.9. The Morgan fingerprint density at radius 3 is 2.50 bits per heavy atom. The minimum absolute atomic E-state index is 0. The topological polar surface area (TPSA) is 104 Å². The van der Waals surface area contributed by atoms with Crippen molar-refractivity contribution in [3.05, 3.63) is 11.6 Å². The minimum atomic E-state index is -1.60.